The molecule has 3 aromatic heterocycles. The van der Waals surface area contributed by atoms with Crippen molar-refractivity contribution in [3.05, 3.63) is 58.2 Å². The highest BCUT2D eigenvalue weighted by atomic mass is 32.1. The van der Waals surface area contributed by atoms with E-state index in [0.29, 0.717) is 50.4 Å². The first-order valence-electron chi connectivity index (χ1n) is 22.4. The van der Waals surface area contributed by atoms with Gasteiger partial charge in [-0.05, 0) is 88.9 Å². The zero-order chi connectivity index (χ0) is 45.2. The Labute approximate surface area is 428 Å². The summed E-state index contributed by atoms with van der Waals surface area (Å²) in [5.74, 6) is -1.50. The Morgan fingerprint density at radius 3 is 2.49 bits per heavy atom. The van der Waals surface area contributed by atoms with Crippen LogP contribution in [0.4, 0.5) is 4.79 Å². The van der Waals surface area contributed by atoms with Crippen LogP contribution in [-0.2, 0) is 43.2 Å². The van der Waals surface area contributed by atoms with Gasteiger partial charge in [0.25, 0.3) is 5.91 Å². The number of nitrogens with one attached hydrogen (secondary N) is 2. The number of pyridine rings is 1. The number of thiazole rings is 1. The van der Waals surface area contributed by atoms with E-state index < -0.39 is 35.4 Å². The highest BCUT2D eigenvalue weighted by molar-refractivity contribution is 7.59. The summed E-state index contributed by atoms with van der Waals surface area (Å²) < 4.78 is 14.3. The van der Waals surface area contributed by atoms with E-state index in [1.165, 1.54) is 21.2 Å². The summed E-state index contributed by atoms with van der Waals surface area (Å²) in [5, 5.41) is 8.24. The summed E-state index contributed by atoms with van der Waals surface area (Å²) in [6, 6.07) is 7.63. The SMILES string of the molecule is CCn1c(-c2cccnc2[C@H](C)OC)c2c3cc(ccc31)-c1csc(n1)C[C@H](NC(=O)[C@H](C(C)C)N(C)C(=O)N1CCCN(C)CC1)C(=O)N1CCC[C@H](N1)C(=O)OCC(C)(C)C2.S.S.S.S. The van der Waals surface area contributed by atoms with Crippen molar-refractivity contribution in [1.29, 1.82) is 0 Å². The molecule has 2 saturated heterocycles. The van der Waals surface area contributed by atoms with Gasteiger partial charge in [0.05, 0.1) is 34.8 Å². The Bertz CT molecular complexity index is 2320. The molecule has 4 amide bonds. The topological polar surface area (TPSA) is 154 Å². The number of hydrogen-bond acceptors (Lipinski definition) is 11. The molecule has 0 unspecified atom stereocenters. The molecule has 6 bridgehead atoms. The lowest BCUT2D eigenvalue weighted by Crippen LogP contribution is -2.62. The molecule has 1 aromatic carbocycles. The molecular formula is C47H73N9O6S5. The summed E-state index contributed by atoms with van der Waals surface area (Å²) in [6.45, 7) is 16.2. The van der Waals surface area contributed by atoms with Crippen LogP contribution in [0.25, 0.3) is 33.4 Å². The van der Waals surface area contributed by atoms with Crippen LogP contribution in [0.1, 0.15) is 83.2 Å². The fourth-order valence-corrected chi connectivity index (χ4v) is 10.2. The number of ether oxygens (including phenoxy) is 2. The molecule has 4 atom stereocenters. The fourth-order valence-electron chi connectivity index (χ4n) is 9.33. The zero-order valence-corrected chi connectivity index (χ0v) is 45.2. The number of carbonyl (C=O) groups excluding carboxylic acids is 4. The van der Waals surface area contributed by atoms with Crippen molar-refractivity contribution in [1.82, 2.24) is 45.0 Å². The van der Waals surface area contributed by atoms with E-state index in [2.05, 4.69) is 65.2 Å². The largest absolute Gasteiger partial charge is 0.464 e. The van der Waals surface area contributed by atoms with Crippen molar-refractivity contribution in [2.45, 2.75) is 104 Å². The first kappa shape index (κ1) is 57.8. The highest BCUT2D eigenvalue weighted by Gasteiger charge is 2.39. The summed E-state index contributed by atoms with van der Waals surface area (Å²) in [4.78, 5) is 72.2. The molecule has 372 valence electrons. The van der Waals surface area contributed by atoms with Gasteiger partial charge in [0.15, 0.2) is 0 Å². The number of likely N-dealkylation sites (N-methyl/N-ethyl adjacent to an activating group) is 2. The minimum absolute atomic E-state index is 0. The van der Waals surface area contributed by atoms with Gasteiger partial charge in [0, 0.05) is 92.3 Å². The predicted octanol–water partition coefficient (Wildman–Crippen LogP) is 6.37. The van der Waals surface area contributed by atoms with Gasteiger partial charge in [-0.15, -0.1) is 11.3 Å². The summed E-state index contributed by atoms with van der Waals surface area (Å²) >= 11 is 1.43. The first-order chi connectivity index (χ1) is 30.1. The number of rotatable bonds is 8. The molecule has 2 N–H and O–H groups in total. The average molecular weight is 1020 g/mol. The molecule has 0 aliphatic carbocycles. The van der Waals surface area contributed by atoms with Crippen LogP contribution < -0.4 is 10.7 Å². The number of fused-ring (bicyclic) bond motifs is 6. The summed E-state index contributed by atoms with van der Waals surface area (Å²) in [7, 11) is 5.40. The molecule has 6 heterocycles. The minimum Gasteiger partial charge on any atom is -0.464 e. The number of aryl methyl sites for hydroxylation is 1. The third kappa shape index (κ3) is 12.8. The standard InChI is InChI=1S/C47H65N9O6S.4H2S/c1-10-55-38-17-16-31-24-33(38)34(42(55)32-14-11-18-48-40(32)30(4)61-9)26-47(5,6)28-62-45(59)35-15-12-21-56(51-35)44(58)36(25-39-49-37(31)27-63-39)50-43(57)41(29(2)3)53(8)46(60)54-20-13-19-52(7)22-23-54;;;;/h11,14,16-18,24,27,29-30,35-36,41,51H,10,12-13,15,19-23,25-26,28H2,1-9H3,(H,50,57);4*1H2/t30-,35-,36-,41-;;;;/m0..../s1. The van der Waals surface area contributed by atoms with E-state index in [9.17, 15) is 19.2 Å². The van der Waals surface area contributed by atoms with E-state index in [1.54, 1.807) is 25.3 Å². The van der Waals surface area contributed by atoms with E-state index in [1.807, 2.05) is 39.3 Å². The van der Waals surface area contributed by atoms with Crippen LogP contribution in [-0.4, -0.2) is 137 Å². The van der Waals surface area contributed by atoms with Crippen LogP contribution in [0.3, 0.4) is 0 Å². The molecule has 20 heteroatoms. The van der Waals surface area contributed by atoms with E-state index in [-0.39, 0.29) is 91.0 Å². The first-order valence-corrected chi connectivity index (χ1v) is 23.3. The van der Waals surface area contributed by atoms with Crippen molar-refractivity contribution >= 4 is 100 Å². The quantitative estimate of drug-likeness (QED) is 0.191. The van der Waals surface area contributed by atoms with Gasteiger partial charge in [-0.3, -0.25) is 24.4 Å². The van der Waals surface area contributed by atoms with Crippen LogP contribution in [0.5, 0.6) is 0 Å². The maximum Gasteiger partial charge on any atom is 0.324 e. The molecule has 4 aromatic rings. The summed E-state index contributed by atoms with van der Waals surface area (Å²) in [6.07, 6.45) is 4.16. The van der Waals surface area contributed by atoms with E-state index in [0.717, 1.165) is 64.2 Å². The monoisotopic (exact) mass is 1020 g/mol. The number of hydrazine groups is 1. The number of amides is 4. The van der Waals surface area contributed by atoms with Crippen molar-refractivity contribution < 1.29 is 28.7 Å². The Morgan fingerprint density at radius 2 is 1.79 bits per heavy atom. The lowest BCUT2D eigenvalue weighted by Gasteiger charge is -2.37. The summed E-state index contributed by atoms with van der Waals surface area (Å²) in [5.41, 5.74) is 9.41. The van der Waals surface area contributed by atoms with Crippen molar-refractivity contribution in [2.75, 3.05) is 60.5 Å². The Hall–Kier alpha value is -3.50. The fraction of sp³-hybridized carbons (Fsp3) is 0.574. The number of hydrogen-bond donors (Lipinski definition) is 2. The second kappa shape index (κ2) is 24.9. The highest BCUT2D eigenvalue weighted by Crippen LogP contribution is 2.42. The molecule has 3 aliphatic rings. The van der Waals surface area contributed by atoms with Crippen molar-refractivity contribution in [3.63, 3.8) is 0 Å². The molecule has 15 nitrogen and oxygen atoms in total. The Kier molecular flexibility index (Phi) is 21.5. The van der Waals surface area contributed by atoms with Gasteiger partial charge in [-0.1, -0.05) is 33.8 Å². The second-order valence-corrected chi connectivity index (χ2v) is 19.4. The maximum absolute atomic E-state index is 14.6. The van der Waals surface area contributed by atoms with Crippen LogP contribution in [0.15, 0.2) is 41.9 Å². The van der Waals surface area contributed by atoms with Gasteiger partial charge in [0.2, 0.25) is 5.91 Å². The average Bonchev–Trinajstić information content (AvgIpc) is 3.78. The van der Waals surface area contributed by atoms with E-state index >= 15 is 0 Å². The Morgan fingerprint density at radius 1 is 1.04 bits per heavy atom. The van der Waals surface area contributed by atoms with Crippen LogP contribution >= 0.6 is 65.3 Å². The van der Waals surface area contributed by atoms with Crippen molar-refractivity contribution in [3.8, 4) is 22.5 Å². The number of carbonyl (C=O) groups is 4. The normalized spacial score (nSPS) is 19.9. The molecule has 2 fully saturated rings. The molecule has 0 radical (unpaired) electrons. The third-order valence-corrected chi connectivity index (χ3v) is 13.6. The molecule has 7 rings (SSSR count). The van der Waals surface area contributed by atoms with E-state index in [4.69, 9.17) is 19.4 Å². The number of urea groups is 1. The number of esters is 1. The molecule has 0 saturated carbocycles. The molecule has 67 heavy (non-hydrogen) atoms. The van der Waals surface area contributed by atoms with Gasteiger partial charge in [0.1, 0.15) is 18.1 Å². The minimum atomic E-state index is -1.04. The second-order valence-electron chi connectivity index (χ2n) is 18.5. The van der Waals surface area contributed by atoms with Crippen LogP contribution in [0, 0.1) is 11.3 Å². The van der Waals surface area contributed by atoms with Crippen molar-refractivity contribution in [2.24, 2.45) is 11.3 Å². The lowest BCUT2D eigenvalue weighted by molar-refractivity contribution is -0.155. The van der Waals surface area contributed by atoms with Gasteiger partial charge >= 0.3 is 12.0 Å². The number of cyclic esters (lactones) is 1. The van der Waals surface area contributed by atoms with Gasteiger partial charge < -0.3 is 34.1 Å². The zero-order valence-electron chi connectivity index (χ0n) is 40.4. The number of benzene rings is 1. The lowest BCUT2D eigenvalue weighted by atomic mass is 9.84. The Balaban J connectivity index is 0.00000298. The molecular weight excluding hydrogens is 947 g/mol. The molecule has 3 aliphatic heterocycles. The smallest absolute Gasteiger partial charge is 0.324 e. The predicted molar refractivity (Wildman–Crippen MR) is 286 cm³/mol. The third-order valence-electron chi connectivity index (χ3n) is 12.8. The maximum atomic E-state index is 14.6. The van der Waals surface area contributed by atoms with Gasteiger partial charge in [-0.25, -0.2) is 15.2 Å². The molecule has 0 spiro atoms. The number of nitrogens with zero attached hydrogens (tertiary/aromatic N) is 7. The number of methoxy groups -OCH3 is 1. The number of aromatic nitrogens is 3. The van der Waals surface area contributed by atoms with Gasteiger partial charge in [-0.2, -0.15) is 54.0 Å². The van der Waals surface area contributed by atoms with Crippen LogP contribution in [0.2, 0.25) is 0 Å².